The largest absolute Gasteiger partial charge is 0.259 e. The van der Waals surface area contributed by atoms with Gasteiger partial charge in [0.2, 0.25) is 0 Å². The first-order valence-corrected chi connectivity index (χ1v) is 7.22. The van der Waals surface area contributed by atoms with Crippen molar-refractivity contribution in [3.8, 4) is 0 Å². The van der Waals surface area contributed by atoms with E-state index in [0.717, 1.165) is 0 Å². The predicted octanol–water partition coefficient (Wildman–Crippen LogP) is 3.68. The summed E-state index contributed by atoms with van der Waals surface area (Å²) in [4.78, 5) is 4.10. The first-order valence-electron chi connectivity index (χ1n) is 5.09. The third kappa shape index (κ3) is 3.72. The number of nitrogens with zero attached hydrogens (tertiary/aromatic N) is 1. The normalized spacial score (nSPS) is 15.1. The number of hydrogen-bond donors (Lipinski definition) is 0. The molecule has 1 aromatic rings. The molecule has 0 aliphatic carbocycles. The first-order chi connectivity index (χ1) is 7.41. The van der Waals surface area contributed by atoms with E-state index >= 15 is 0 Å². The summed E-state index contributed by atoms with van der Waals surface area (Å²) in [5.41, 5.74) is 0.650. The van der Waals surface area contributed by atoms with E-state index in [1.807, 2.05) is 6.92 Å². The topological polar surface area (TPSA) is 30.0 Å². The van der Waals surface area contributed by atoms with Crippen molar-refractivity contribution in [2.75, 3.05) is 0 Å². The molecule has 0 saturated heterocycles. The Morgan fingerprint density at radius 3 is 2.50 bits per heavy atom. The van der Waals surface area contributed by atoms with Crippen LogP contribution < -0.4 is 0 Å². The van der Waals surface area contributed by atoms with Gasteiger partial charge in [-0.2, -0.15) is 0 Å². The number of halogens is 2. The van der Waals surface area contributed by atoms with Crippen molar-refractivity contribution >= 4 is 34.0 Å². The molecule has 0 aliphatic heterocycles. The van der Waals surface area contributed by atoms with Crippen molar-refractivity contribution in [1.29, 1.82) is 0 Å². The van der Waals surface area contributed by atoms with Crippen molar-refractivity contribution < 1.29 is 4.21 Å². The van der Waals surface area contributed by atoms with Crippen LogP contribution in [-0.2, 0) is 16.6 Å². The van der Waals surface area contributed by atoms with Crippen LogP contribution in [0.5, 0.6) is 0 Å². The summed E-state index contributed by atoms with van der Waals surface area (Å²) >= 11 is 11.7. The molecule has 0 bridgehead atoms. The molecule has 16 heavy (non-hydrogen) atoms. The second-order valence-corrected chi connectivity index (χ2v) is 6.69. The van der Waals surface area contributed by atoms with E-state index in [1.165, 1.54) is 6.20 Å². The SMILES string of the molecule is CC(C)[C@@H](C)[S@](=O)Cc1ncc(Cl)cc1Cl. The van der Waals surface area contributed by atoms with Crippen LogP contribution in [0.3, 0.4) is 0 Å². The van der Waals surface area contributed by atoms with Gasteiger partial charge in [-0.1, -0.05) is 44.0 Å². The quantitative estimate of drug-likeness (QED) is 0.842. The molecule has 0 N–H and O–H groups in total. The summed E-state index contributed by atoms with van der Waals surface area (Å²) in [6, 6.07) is 1.63. The van der Waals surface area contributed by atoms with E-state index in [0.29, 0.717) is 27.4 Å². The van der Waals surface area contributed by atoms with Crippen LogP contribution in [0.25, 0.3) is 0 Å². The highest BCUT2D eigenvalue weighted by atomic mass is 35.5. The van der Waals surface area contributed by atoms with Crippen LogP contribution in [-0.4, -0.2) is 14.4 Å². The summed E-state index contributed by atoms with van der Waals surface area (Å²) in [5, 5.41) is 1.11. The fourth-order valence-electron chi connectivity index (χ4n) is 1.12. The maximum Gasteiger partial charge on any atom is 0.0715 e. The maximum absolute atomic E-state index is 12.0. The minimum absolute atomic E-state index is 0.133. The average molecular weight is 280 g/mol. The van der Waals surface area contributed by atoms with Gasteiger partial charge >= 0.3 is 0 Å². The molecule has 0 aromatic carbocycles. The van der Waals surface area contributed by atoms with Crippen LogP contribution in [0.2, 0.25) is 10.0 Å². The van der Waals surface area contributed by atoms with Crippen LogP contribution in [0.15, 0.2) is 12.3 Å². The Morgan fingerprint density at radius 1 is 1.38 bits per heavy atom. The van der Waals surface area contributed by atoms with Gasteiger partial charge in [-0.25, -0.2) is 0 Å². The van der Waals surface area contributed by atoms with Gasteiger partial charge < -0.3 is 0 Å². The third-order valence-corrected chi connectivity index (χ3v) is 4.98. The number of hydrogen-bond acceptors (Lipinski definition) is 2. The number of rotatable bonds is 4. The minimum Gasteiger partial charge on any atom is -0.259 e. The molecule has 0 spiro atoms. The Kier molecular flexibility index (Phi) is 5.22. The predicted molar refractivity (Wildman–Crippen MR) is 70.4 cm³/mol. The molecule has 0 aliphatic rings. The zero-order valence-electron chi connectivity index (χ0n) is 9.54. The van der Waals surface area contributed by atoms with Crippen molar-refractivity contribution in [1.82, 2.24) is 4.98 Å². The van der Waals surface area contributed by atoms with Crippen molar-refractivity contribution in [2.45, 2.75) is 31.8 Å². The van der Waals surface area contributed by atoms with Crippen molar-refractivity contribution in [2.24, 2.45) is 5.92 Å². The lowest BCUT2D eigenvalue weighted by Crippen LogP contribution is -2.19. The molecule has 0 saturated carbocycles. The summed E-state index contributed by atoms with van der Waals surface area (Å²) < 4.78 is 12.0. The van der Waals surface area contributed by atoms with Gasteiger partial charge in [0.25, 0.3) is 0 Å². The van der Waals surface area contributed by atoms with E-state index in [4.69, 9.17) is 23.2 Å². The van der Waals surface area contributed by atoms with E-state index in [2.05, 4.69) is 18.8 Å². The third-order valence-electron chi connectivity index (χ3n) is 2.52. The summed E-state index contributed by atoms with van der Waals surface area (Å²) in [5.74, 6) is 0.766. The molecule has 2 atom stereocenters. The molecule has 1 rings (SSSR count). The molecule has 1 heterocycles. The zero-order chi connectivity index (χ0) is 12.3. The Hall–Kier alpha value is -0.120. The van der Waals surface area contributed by atoms with Gasteiger partial charge in [0.1, 0.15) is 0 Å². The molecule has 0 unspecified atom stereocenters. The van der Waals surface area contributed by atoms with Gasteiger partial charge in [0.15, 0.2) is 0 Å². The highest BCUT2D eigenvalue weighted by Crippen LogP contribution is 2.21. The van der Waals surface area contributed by atoms with Crippen LogP contribution in [0, 0.1) is 5.92 Å². The van der Waals surface area contributed by atoms with Crippen LogP contribution in [0.4, 0.5) is 0 Å². The van der Waals surface area contributed by atoms with Gasteiger partial charge in [-0.05, 0) is 12.0 Å². The Bertz CT molecular complexity index is 396. The van der Waals surface area contributed by atoms with Gasteiger partial charge in [-0.15, -0.1) is 0 Å². The smallest absolute Gasteiger partial charge is 0.0715 e. The maximum atomic E-state index is 12.0. The van der Waals surface area contributed by atoms with Crippen LogP contribution >= 0.6 is 23.2 Å². The standard InChI is InChI=1S/C11H15Cl2NOS/c1-7(2)8(3)16(15)6-11-10(13)4-9(12)5-14-11/h4-5,7-8H,6H2,1-3H3/t8-,16-/m1/s1. The highest BCUT2D eigenvalue weighted by Gasteiger charge is 2.17. The minimum atomic E-state index is -0.953. The number of aromatic nitrogens is 1. The average Bonchev–Trinajstić information content (AvgIpc) is 2.20. The summed E-state index contributed by atoms with van der Waals surface area (Å²) in [6.07, 6.45) is 1.53. The summed E-state index contributed by atoms with van der Waals surface area (Å²) in [6.45, 7) is 6.09. The Morgan fingerprint density at radius 2 is 2.00 bits per heavy atom. The highest BCUT2D eigenvalue weighted by molar-refractivity contribution is 7.84. The lowest BCUT2D eigenvalue weighted by Gasteiger charge is -2.15. The molecule has 2 nitrogen and oxygen atoms in total. The molecular weight excluding hydrogens is 265 g/mol. The first kappa shape index (κ1) is 13.9. The van der Waals surface area contributed by atoms with E-state index in [1.54, 1.807) is 6.07 Å². The van der Waals surface area contributed by atoms with Crippen LogP contribution in [0.1, 0.15) is 26.5 Å². The van der Waals surface area contributed by atoms with E-state index in [-0.39, 0.29) is 5.25 Å². The van der Waals surface area contributed by atoms with Crippen molar-refractivity contribution in [3.05, 3.63) is 28.0 Å². The summed E-state index contributed by atoms with van der Waals surface area (Å²) in [7, 11) is -0.953. The molecular formula is C11H15Cl2NOS. The molecule has 1 aromatic heterocycles. The van der Waals surface area contributed by atoms with Gasteiger partial charge in [-0.3, -0.25) is 9.19 Å². The lowest BCUT2D eigenvalue weighted by molar-refractivity contribution is 0.604. The monoisotopic (exact) mass is 279 g/mol. The van der Waals surface area contributed by atoms with Gasteiger partial charge in [0, 0.05) is 22.2 Å². The molecule has 90 valence electrons. The lowest BCUT2D eigenvalue weighted by atomic mass is 10.2. The Labute approximate surface area is 109 Å². The second kappa shape index (κ2) is 5.99. The van der Waals surface area contributed by atoms with Gasteiger partial charge in [0.05, 0.1) is 21.5 Å². The molecule has 0 amide bonds. The number of pyridine rings is 1. The molecule has 0 fully saturated rings. The van der Waals surface area contributed by atoms with E-state index < -0.39 is 10.8 Å². The van der Waals surface area contributed by atoms with E-state index in [9.17, 15) is 4.21 Å². The molecule has 5 heteroatoms. The fraction of sp³-hybridized carbons (Fsp3) is 0.545. The second-order valence-electron chi connectivity index (χ2n) is 4.06. The Balaban J connectivity index is 2.77. The molecule has 0 radical (unpaired) electrons. The zero-order valence-corrected chi connectivity index (χ0v) is 11.9. The van der Waals surface area contributed by atoms with Crippen molar-refractivity contribution in [3.63, 3.8) is 0 Å². The fourth-order valence-corrected chi connectivity index (χ4v) is 3.01.